The van der Waals surface area contributed by atoms with E-state index in [1.807, 2.05) is 49.7 Å². The summed E-state index contributed by atoms with van der Waals surface area (Å²) in [6.45, 7) is 4.17. The molecule has 1 aliphatic heterocycles. The highest BCUT2D eigenvalue weighted by Crippen LogP contribution is 2.24. The maximum absolute atomic E-state index is 11.0. The van der Waals surface area contributed by atoms with Crippen molar-refractivity contribution < 1.29 is 9.47 Å². The molecule has 1 heterocycles. The molecule has 1 aromatic carbocycles. The van der Waals surface area contributed by atoms with Crippen molar-refractivity contribution in [2.45, 2.75) is 25.7 Å². The molecule has 2 rings (SSSR count). The van der Waals surface area contributed by atoms with Gasteiger partial charge in [0.2, 0.25) is 0 Å². The highest BCUT2D eigenvalue weighted by Gasteiger charge is 2.31. The minimum atomic E-state index is -0.578. The van der Waals surface area contributed by atoms with Crippen molar-refractivity contribution in [1.29, 1.82) is 0 Å². The standard InChI is InChI=1S/C13H16NO3/c1-13(2)16-9-11(17-13)8-12(14-15)10-6-4-3-5-7-10/h3-8,11,14H,9H2,1-2H3/q-1. The van der Waals surface area contributed by atoms with Crippen LogP contribution in [0.5, 0.6) is 0 Å². The summed E-state index contributed by atoms with van der Waals surface area (Å²) in [7, 11) is 0. The van der Waals surface area contributed by atoms with E-state index >= 15 is 0 Å². The lowest BCUT2D eigenvalue weighted by Gasteiger charge is -2.18. The van der Waals surface area contributed by atoms with Crippen molar-refractivity contribution in [1.82, 2.24) is 5.48 Å². The van der Waals surface area contributed by atoms with Crippen LogP contribution in [-0.2, 0) is 9.47 Å². The van der Waals surface area contributed by atoms with Gasteiger partial charge in [0.15, 0.2) is 5.79 Å². The lowest BCUT2D eigenvalue weighted by Crippen LogP contribution is -2.21. The van der Waals surface area contributed by atoms with Crippen molar-refractivity contribution in [3.63, 3.8) is 0 Å². The Labute approximate surface area is 101 Å². The molecule has 0 bridgehead atoms. The van der Waals surface area contributed by atoms with Gasteiger partial charge in [0.1, 0.15) is 6.10 Å². The van der Waals surface area contributed by atoms with E-state index in [9.17, 15) is 5.21 Å². The van der Waals surface area contributed by atoms with Crippen LogP contribution in [0.15, 0.2) is 36.4 Å². The molecule has 92 valence electrons. The van der Waals surface area contributed by atoms with Gasteiger partial charge >= 0.3 is 0 Å². The molecule has 1 saturated heterocycles. The molecule has 17 heavy (non-hydrogen) atoms. The van der Waals surface area contributed by atoms with E-state index in [-0.39, 0.29) is 6.10 Å². The topological polar surface area (TPSA) is 53.5 Å². The summed E-state index contributed by atoms with van der Waals surface area (Å²) in [5.74, 6) is -0.578. The number of ether oxygens (including phenoxy) is 2. The number of benzene rings is 1. The van der Waals surface area contributed by atoms with Gasteiger partial charge in [-0.05, 0) is 25.5 Å². The summed E-state index contributed by atoms with van der Waals surface area (Å²) in [4.78, 5) is 0. The predicted octanol–water partition coefficient (Wildman–Crippen LogP) is 2.27. The van der Waals surface area contributed by atoms with Crippen LogP contribution in [0.25, 0.3) is 5.70 Å². The lowest BCUT2D eigenvalue weighted by molar-refractivity contribution is -0.133. The first-order valence-corrected chi connectivity index (χ1v) is 5.58. The van der Waals surface area contributed by atoms with Crippen LogP contribution in [0, 0.1) is 5.21 Å². The monoisotopic (exact) mass is 234 g/mol. The molecule has 4 nitrogen and oxygen atoms in total. The number of hydrogen-bond donors (Lipinski definition) is 1. The molecule has 4 heteroatoms. The first-order chi connectivity index (χ1) is 8.11. The normalized spacial score (nSPS) is 23.7. The molecule has 1 aromatic rings. The SMILES string of the molecule is CC1(C)OCC(C=C(N[O-])c2ccccc2)O1. The Morgan fingerprint density at radius 3 is 2.65 bits per heavy atom. The van der Waals surface area contributed by atoms with E-state index in [0.717, 1.165) is 5.56 Å². The van der Waals surface area contributed by atoms with Gasteiger partial charge in [-0.1, -0.05) is 30.3 Å². The summed E-state index contributed by atoms with van der Waals surface area (Å²) in [6.07, 6.45) is 1.57. The van der Waals surface area contributed by atoms with Crippen LogP contribution < -0.4 is 5.48 Å². The fourth-order valence-electron chi connectivity index (χ4n) is 1.79. The molecule has 1 fully saturated rings. The largest absolute Gasteiger partial charge is 0.761 e. The minimum Gasteiger partial charge on any atom is -0.761 e. The van der Waals surface area contributed by atoms with Crippen LogP contribution in [0.2, 0.25) is 0 Å². The number of nitrogens with one attached hydrogen (secondary N) is 1. The second-order valence-corrected chi connectivity index (χ2v) is 4.42. The Morgan fingerprint density at radius 1 is 1.41 bits per heavy atom. The van der Waals surface area contributed by atoms with Crippen molar-refractivity contribution in [2.75, 3.05) is 6.61 Å². The van der Waals surface area contributed by atoms with Gasteiger partial charge in [0.05, 0.1) is 6.61 Å². The molecule has 1 N–H and O–H groups in total. The van der Waals surface area contributed by atoms with Crippen LogP contribution in [0.3, 0.4) is 0 Å². The van der Waals surface area contributed by atoms with Crippen LogP contribution >= 0.6 is 0 Å². The van der Waals surface area contributed by atoms with E-state index in [0.29, 0.717) is 12.3 Å². The molecular formula is C13H16NO3-. The molecule has 0 aromatic heterocycles. The zero-order valence-electron chi connectivity index (χ0n) is 9.97. The first-order valence-electron chi connectivity index (χ1n) is 5.58. The third kappa shape index (κ3) is 3.06. The minimum absolute atomic E-state index is 0.193. The van der Waals surface area contributed by atoms with Gasteiger partial charge in [-0.15, -0.1) is 0 Å². The van der Waals surface area contributed by atoms with Gasteiger partial charge in [-0.25, -0.2) is 0 Å². The van der Waals surface area contributed by atoms with Crippen molar-refractivity contribution >= 4 is 5.70 Å². The van der Waals surface area contributed by atoms with E-state index in [4.69, 9.17) is 9.47 Å². The Hall–Kier alpha value is -1.36. The number of hydroxylamine groups is 1. The zero-order valence-corrected chi connectivity index (χ0v) is 9.97. The van der Waals surface area contributed by atoms with E-state index in [1.54, 1.807) is 6.08 Å². The van der Waals surface area contributed by atoms with E-state index < -0.39 is 5.79 Å². The van der Waals surface area contributed by atoms with Gasteiger partial charge in [-0.3, -0.25) is 0 Å². The van der Waals surface area contributed by atoms with Crippen molar-refractivity contribution in [3.05, 3.63) is 47.2 Å². The van der Waals surface area contributed by atoms with Gasteiger partial charge in [0.25, 0.3) is 0 Å². The van der Waals surface area contributed by atoms with Gasteiger partial charge < -0.3 is 20.2 Å². The molecule has 1 unspecified atom stereocenters. The summed E-state index contributed by atoms with van der Waals surface area (Å²) in [6, 6.07) is 9.42. The summed E-state index contributed by atoms with van der Waals surface area (Å²) in [5, 5.41) is 11.0. The first kappa shape index (κ1) is 12.1. The highest BCUT2D eigenvalue weighted by atomic mass is 16.7. The van der Waals surface area contributed by atoms with E-state index in [1.165, 1.54) is 0 Å². The molecule has 1 aliphatic rings. The third-order valence-electron chi connectivity index (χ3n) is 2.58. The Balaban J connectivity index is 2.14. The smallest absolute Gasteiger partial charge is 0.163 e. The average molecular weight is 234 g/mol. The van der Waals surface area contributed by atoms with Crippen LogP contribution in [-0.4, -0.2) is 18.5 Å². The van der Waals surface area contributed by atoms with Crippen LogP contribution in [0.4, 0.5) is 0 Å². The Morgan fingerprint density at radius 2 is 2.12 bits per heavy atom. The molecule has 1 atom stereocenters. The molecular weight excluding hydrogens is 218 g/mol. The number of rotatable bonds is 3. The molecule has 0 spiro atoms. The Kier molecular flexibility index (Phi) is 3.47. The van der Waals surface area contributed by atoms with Crippen LogP contribution in [0.1, 0.15) is 19.4 Å². The molecule has 0 radical (unpaired) electrons. The van der Waals surface area contributed by atoms with Gasteiger partial charge in [0, 0.05) is 5.70 Å². The maximum atomic E-state index is 11.0. The van der Waals surface area contributed by atoms with Crippen molar-refractivity contribution in [3.8, 4) is 0 Å². The summed E-state index contributed by atoms with van der Waals surface area (Å²) >= 11 is 0. The third-order valence-corrected chi connectivity index (χ3v) is 2.58. The fourth-order valence-corrected chi connectivity index (χ4v) is 1.79. The second kappa shape index (κ2) is 4.87. The van der Waals surface area contributed by atoms with Gasteiger partial charge in [-0.2, -0.15) is 0 Å². The summed E-state index contributed by atoms with van der Waals surface area (Å²) in [5.41, 5.74) is 3.30. The summed E-state index contributed by atoms with van der Waals surface area (Å²) < 4.78 is 11.1. The maximum Gasteiger partial charge on any atom is 0.163 e. The zero-order chi connectivity index (χ0) is 12.3. The number of hydrogen-bond acceptors (Lipinski definition) is 4. The molecule has 0 aliphatic carbocycles. The highest BCUT2D eigenvalue weighted by molar-refractivity contribution is 5.64. The average Bonchev–Trinajstić information content (AvgIpc) is 2.67. The predicted molar refractivity (Wildman–Crippen MR) is 65.8 cm³/mol. The van der Waals surface area contributed by atoms with E-state index in [2.05, 4.69) is 0 Å². The van der Waals surface area contributed by atoms with Crippen molar-refractivity contribution in [2.24, 2.45) is 0 Å². The Bertz CT molecular complexity index is 400. The molecule has 0 saturated carbocycles. The molecule has 0 amide bonds. The quantitative estimate of drug-likeness (QED) is 0.815. The lowest BCUT2D eigenvalue weighted by atomic mass is 10.1. The second-order valence-electron chi connectivity index (χ2n) is 4.42. The fraction of sp³-hybridized carbons (Fsp3) is 0.385.